The molecule has 0 spiro atoms. The lowest BCUT2D eigenvalue weighted by Crippen LogP contribution is -2.06. The maximum absolute atomic E-state index is 12.4. The van der Waals surface area contributed by atoms with E-state index in [4.69, 9.17) is 23.2 Å². The summed E-state index contributed by atoms with van der Waals surface area (Å²) < 4.78 is 0. The van der Waals surface area contributed by atoms with E-state index in [9.17, 15) is 4.79 Å². The highest BCUT2D eigenvalue weighted by Gasteiger charge is 2.14. The number of hydrogen-bond acceptors (Lipinski definition) is 2. The number of benzene rings is 2. The Hall–Kier alpha value is -0.960. The molecule has 0 heterocycles. The Morgan fingerprint density at radius 1 is 1.05 bits per heavy atom. The van der Waals surface area contributed by atoms with Gasteiger partial charge in [-0.25, -0.2) is 0 Å². The molecule has 2 aromatic rings. The highest BCUT2D eigenvalue weighted by atomic mass is 35.5. The zero-order chi connectivity index (χ0) is 13.8. The topological polar surface area (TPSA) is 17.1 Å². The first-order valence-electron chi connectivity index (χ1n) is 5.72. The number of thioether (sulfide) groups is 1. The molecule has 1 nitrogen and oxygen atoms in total. The quantitative estimate of drug-likeness (QED) is 0.574. The molecule has 2 rings (SSSR count). The minimum atomic E-state index is 0.0277. The van der Waals surface area contributed by atoms with Crippen LogP contribution < -0.4 is 0 Å². The van der Waals surface area contributed by atoms with E-state index in [0.29, 0.717) is 21.2 Å². The van der Waals surface area contributed by atoms with Crippen LogP contribution in [-0.2, 0) is 6.42 Å². The standard InChI is InChI=1S/C15H12Cl2OS/c1-19-15-8-3-2-5-10(15)14(18)9-11-12(16)6-4-7-13(11)17/h2-8H,9H2,1H3. The summed E-state index contributed by atoms with van der Waals surface area (Å²) in [5.41, 5.74) is 1.40. The molecule has 98 valence electrons. The van der Waals surface area contributed by atoms with Gasteiger partial charge >= 0.3 is 0 Å². The highest BCUT2D eigenvalue weighted by molar-refractivity contribution is 7.98. The van der Waals surface area contributed by atoms with Crippen LogP contribution in [0, 0.1) is 0 Å². The summed E-state index contributed by atoms with van der Waals surface area (Å²) in [6.45, 7) is 0. The Morgan fingerprint density at radius 2 is 1.68 bits per heavy atom. The van der Waals surface area contributed by atoms with Crippen molar-refractivity contribution in [1.29, 1.82) is 0 Å². The zero-order valence-corrected chi connectivity index (χ0v) is 12.6. The highest BCUT2D eigenvalue weighted by Crippen LogP contribution is 2.27. The van der Waals surface area contributed by atoms with E-state index < -0.39 is 0 Å². The van der Waals surface area contributed by atoms with Gasteiger partial charge in [0.2, 0.25) is 0 Å². The van der Waals surface area contributed by atoms with E-state index in [-0.39, 0.29) is 12.2 Å². The average molecular weight is 311 g/mol. The van der Waals surface area contributed by atoms with Gasteiger partial charge in [0.25, 0.3) is 0 Å². The van der Waals surface area contributed by atoms with Gasteiger partial charge in [0.1, 0.15) is 0 Å². The van der Waals surface area contributed by atoms with E-state index in [0.717, 1.165) is 4.90 Å². The van der Waals surface area contributed by atoms with Gasteiger partial charge in [0, 0.05) is 26.9 Å². The minimum Gasteiger partial charge on any atom is -0.294 e. The first-order chi connectivity index (χ1) is 9.13. The van der Waals surface area contributed by atoms with Gasteiger partial charge in [-0.1, -0.05) is 47.5 Å². The lowest BCUT2D eigenvalue weighted by atomic mass is 10.0. The number of ketones is 1. The van der Waals surface area contributed by atoms with Crippen LogP contribution in [0.2, 0.25) is 10.0 Å². The molecule has 0 amide bonds. The first-order valence-corrected chi connectivity index (χ1v) is 7.70. The molecular formula is C15H12Cl2OS. The summed E-state index contributed by atoms with van der Waals surface area (Å²) in [4.78, 5) is 13.3. The third-order valence-electron chi connectivity index (χ3n) is 2.81. The molecule has 0 aliphatic heterocycles. The molecule has 0 aliphatic rings. The van der Waals surface area contributed by atoms with Crippen molar-refractivity contribution in [2.24, 2.45) is 0 Å². The van der Waals surface area contributed by atoms with Gasteiger partial charge < -0.3 is 0 Å². The molecule has 19 heavy (non-hydrogen) atoms. The van der Waals surface area contributed by atoms with Crippen LogP contribution >= 0.6 is 35.0 Å². The maximum Gasteiger partial charge on any atom is 0.168 e. The van der Waals surface area contributed by atoms with Crippen LogP contribution in [0.4, 0.5) is 0 Å². The second kappa shape index (κ2) is 6.47. The molecule has 2 aromatic carbocycles. The first kappa shape index (κ1) is 14.4. The molecule has 4 heteroatoms. The van der Waals surface area contributed by atoms with Gasteiger partial charge in [-0.2, -0.15) is 0 Å². The van der Waals surface area contributed by atoms with Gasteiger partial charge in [0.05, 0.1) is 0 Å². The Balaban J connectivity index is 2.31. The second-order valence-electron chi connectivity index (χ2n) is 4.00. The van der Waals surface area contributed by atoms with Crippen molar-refractivity contribution in [2.75, 3.05) is 6.26 Å². The fraction of sp³-hybridized carbons (Fsp3) is 0.133. The van der Waals surface area contributed by atoms with Crippen LogP contribution in [0.5, 0.6) is 0 Å². The number of carbonyl (C=O) groups excluding carboxylic acids is 1. The Labute approximate surface area is 126 Å². The van der Waals surface area contributed by atoms with E-state index in [1.54, 1.807) is 30.0 Å². The van der Waals surface area contributed by atoms with Crippen molar-refractivity contribution in [1.82, 2.24) is 0 Å². The average Bonchev–Trinajstić information content (AvgIpc) is 2.42. The summed E-state index contributed by atoms with van der Waals surface area (Å²) in [6.07, 6.45) is 2.17. The van der Waals surface area contributed by atoms with Crippen molar-refractivity contribution >= 4 is 40.7 Å². The van der Waals surface area contributed by atoms with Crippen LogP contribution in [0.25, 0.3) is 0 Å². The molecule has 0 aliphatic carbocycles. The Kier molecular flexibility index (Phi) is 4.92. The van der Waals surface area contributed by atoms with Gasteiger partial charge in [-0.3, -0.25) is 4.79 Å². The molecular weight excluding hydrogens is 299 g/mol. The predicted octanol–water partition coefficient (Wildman–Crippen LogP) is 5.14. The summed E-state index contributed by atoms with van der Waals surface area (Å²) in [6, 6.07) is 12.8. The molecule has 0 unspecified atom stereocenters. The third kappa shape index (κ3) is 3.33. The smallest absolute Gasteiger partial charge is 0.168 e. The molecule has 0 N–H and O–H groups in total. The fourth-order valence-corrected chi connectivity index (χ4v) is 2.98. The molecule has 0 fully saturated rings. The monoisotopic (exact) mass is 310 g/mol. The van der Waals surface area contributed by atoms with Crippen molar-refractivity contribution in [2.45, 2.75) is 11.3 Å². The van der Waals surface area contributed by atoms with E-state index in [1.165, 1.54) is 0 Å². The van der Waals surface area contributed by atoms with Crippen LogP contribution in [0.3, 0.4) is 0 Å². The number of hydrogen-bond donors (Lipinski definition) is 0. The maximum atomic E-state index is 12.4. The zero-order valence-electron chi connectivity index (χ0n) is 10.3. The second-order valence-corrected chi connectivity index (χ2v) is 5.66. The molecule has 0 aromatic heterocycles. The lowest BCUT2D eigenvalue weighted by molar-refractivity contribution is 0.0990. The van der Waals surface area contributed by atoms with Crippen molar-refractivity contribution in [3.8, 4) is 0 Å². The summed E-state index contributed by atoms with van der Waals surface area (Å²) in [5.74, 6) is 0.0277. The van der Waals surface area contributed by atoms with Crippen LogP contribution in [0.1, 0.15) is 15.9 Å². The molecule has 0 bridgehead atoms. The fourth-order valence-electron chi connectivity index (χ4n) is 1.83. The lowest BCUT2D eigenvalue weighted by Gasteiger charge is -2.08. The van der Waals surface area contributed by atoms with Crippen molar-refractivity contribution in [3.05, 3.63) is 63.6 Å². The molecule has 0 radical (unpaired) electrons. The van der Waals surface area contributed by atoms with E-state index in [2.05, 4.69) is 0 Å². The number of rotatable bonds is 4. The van der Waals surface area contributed by atoms with E-state index >= 15 is 0 Å². The summed E-state index contributed by atoms with van der Waals surface area (Å²) in [7, 11) is 0. The van der Waals surface area contributed by atoms with Gasteiger partial charge in [-0.15, -0.1) is 11.8 Å². The number of halogens is 2. The number of carbonyl (C=O) groups is 1. The third-order valence-corrected chi connectivity index (χ3v) is 4.31. The van der Waals surface area contributed by atoms with Crippen LogP contribution in [0.15, 0.2) is 47.4 Å². The minimum absolute atomic E-state index is 0.0277. The molecule has 0 atom stereocenters. The van der Waals surface area contributed by atoms with Gasteiger partial charge in [0.15, 0.2) is 5.78 Å². The van der Waals surface area contributed by atoms with Gasteiger partial charge in [-0.05, 0) is 30.0 Å². The Bertz CT molecular complexity index is 591. The normalized spacial score (nSPS) is 10.5. The van der Waals surface area contributed by atoms with Crippen molar-refractivity contribution < 1.29 is 4.79 Å². The van der Waals surface area contributed by atoms with E-state index in [1.807, 2.05) is 30.5 Å². The SMILES string of the molecule is CSc1ccccc1C(=O)Cc1c(Cl)cccc1Cl. The largest absolute Gasteiger partial charge is 0.294 e. The molecule has 0 saturated carbocycles. The number of Topliss-reactive ketones (excluding diaryl/α,β-unsaturated/α-hetero) is 1. The molecule has 0 saturated heterocycles. The summed E-state index contributed by atoms with van der Waals surface area (Å²) >= 11 is 13.7. The van der Waals surface area contributed by atoms with Crippen molar-refractivity contribution in [3.63, 3.8) is 0 Å². The summed E-state index contributed by atoms with van der Waals surface area (Å²) in [5, 5.41) is 1.06. The van der Waals surface area contributed by atoms with Crippen LogP contribution in [-0.4, -0.2) is 12.0 Å². The Morgan fingerprint density at radius 3 is 2.32 bits per heavy atom. The predicted molar refractivity (Wildman–Crippen MR) is 82.7 cm³/mol.